The Morgan fingerprint density at radius 2 is 1.79 bits per heavy atom. The van der Waals surface area contributed by atoms with Gasteiger partial charge in [-0.25, -0.2) is 0 Å². The fourth-order valence-corrected chi connectivity index (χ4v) is 2.09. The van der Waals surface area contributed by atoms with Crippen LogP contribution in [0.2, 0.25) is 0 Å². The molecular weight excluding hydrogens is 232 g/mol. The maximum Gasteiger partial charge on any atom is 0.0683 e. The predicted octanol–water partition coefficient (Wildman–Crippen LogP) is 4.41. The van der Waals surface area contributed by atoms with E-state index in [1.54, 1.807) is 0 Å². The lowest BCUT2D eigenvalue weighted by atomic mass is 9.89. The number of nitrogens with zero attached hydrogens (tertiary/aromatic N) is 2. The van der Waals surface area contributed by atoms with Crippen LogP contribution in [0, 0.1) is 16.7 Å². The minimum atomic E-state index is -0.179. The Kier molecular flexibility index (Phi) is 5.89. The molecule has 0 aromatic heterocycles. The molecule has 0 aliphatic rings. The van der Waals surface area contributed by atoms with Gasteiger partial charge in [0.05, 0.1) is 11.5 Å². The summed E-state index contributed by atoms with van der Waals surface area (Å²) in [5.41, 5.74) is 2.48. The van der Waals surface area contributed by atoms with Crippen LogP contribution in [0.1, 0.15) is 45.6 Å². The SMILES string of the molecule is CCc1ccc(N(C)CCCCC(C)(C)C#N)cc1. The Bertz CT molecular complexity index is 412. The van der Waals surface area contributed by atoms with Crippen molar-refractivity contribution in [3.63, 3.8) is 0 Å². The monoisotopic (exact) mass is 258 g/mol. The molecule has 0 amide bonds. The summed E-state index contributed by atoms with van der Waals surface area (Å²) in [6, 6.07) is 11.1. The van der Waals surface area contributed by atoms with Crippen molar-refractivity contribution in [1.29, 1.82) is 5.26 Å². The van der Waals surface area contributed by atoms with Crippen LogP contribution in [-0.4, -0.2) is 13.6 Å². The standard InChI is InChI=1S/C17H26N2/c1-5-15-8-10-16(11-9-15)19(4)13-7-6-12-17(2,3)14-18/h8-11H,5-7,12-13H2,1-4H3. The molecule has 19 heavy (non-hydrogen) atoms. The first-order chi connectivity index (χ1) is 8.98. The molecule has 0 spiro atoms. The van der Waals surface area contributed by atoms with Crippen LogP contribution < -0.4 is 4.90 Å². The molecule has 0 N–H and O–H groups in total. The highest BCUT2D eigenvalue weighted by molar-refractivity contribution is 5.46. The molecule has 0 aliphatic carbocycles. The van der Waals surface area contributed by atoms with Gasteiger partial charge in [-0.3, -0.25) is 0 Å². The molecule has 104 valence electrons. The number of anilines is 1. The molecule has 0 atom stereocenters. The summed E-state index contributed by atoms with van der Waals surface area (Å²) in [6.07, 6.45) is 4.31. The van der Waals surface area contributed by atoms with E-state index in [4.69, 9.17) is 5.26 Å². The van der Waals surface area contributed by atoms with Crippen molar-refractivity contribution in [1.82, 2.24) is 0 Å². The summed E-state index contributed by atoms with van der Waals surface area (Å²) in [4.78, 5) is 2.29. The average molecular weight is 258 g/mol. The molecule has 2 nitrogen and oxygen atoms in total. The van der Waals surface area contributed by atoms with E-state index >= 15 is 0 Å². The van der Waals surface area contributed by atoms with Crippen LogP contribution in [0.4, 0.5) is 5.69 Å². The van der Waals surface area contributed by atoms with E-state index in [9.17, 15) is 0 Å². The summed E-state index contributed by atoms with van der Waals surface area (Å²) in [6.45, 7) is 7.25. The predicted molar refractivity (Wildman–Crippen MR) is 82.3 cm³/mol. The van der Waals surface area contributed by atoms with Crippen molar-refractivity contribution >= 4 is 5.69 Å². The molecule has 2 heteroatoms. The number of nitriles is 1. The van der Waals surface area contributed by atoms with Gasteiger partial charge in [0.15, 0.2) is 0 Å². The lowest BCUT2D eigenvalue weighted by Gasteiger charge is -2.21. The molecule has 0 saturated carbocycles. The van der Waals surface area contributed by atoms with Crippen LogP contribution in [0.25, 0.3) is 0 Å². The minimum Gasteiger partial charge on any atom is -0.375 e. The fraction of sp³-hybridized carbons (Fsp3) is 0.588. The molecule has 1 aromatic carbocycles. The normalized spacial score (nSPS) is 11.1. The summed E-state index contributed by atoms with van der Waals surface area (Å²) in [5.74, 6) is 0. The smallest absolute Gasteiger partial charge is 0.0683 e. The number of rotatable bonds is 7. The Morgan fingerprint density at radius 3 is 2.32 bits per heavy atom. The lowest BCUT2D eigenvalue weighted by molar-refractivity contribution is 0.427. The van der Waals surface area contributed by atoms with Crippen LogP contribution in [0.5, 0.6) is 0 Å². The van der Waals surface area contributed by atoms with Gasteiger partial charge in [-0.05, 0) is 50.8 Å². The topological polar surface area (TPSA) is 27.0 Å². The Balaban J connectivity index is 2.35. The molecule has 0 unspecified atom stereocenters. The molecule has 0 aliphatic heterocycles. The minimum absolute atomic E-state index is 0.179. The van der Waals surface area contributed by atoms with Gasteiger partial charge in [0.2, 0.25) is 0 Å². The van der Waals surface area contributed by atoms with E-state index in [0.717, 1.165) is 32.2 Å². The van der Waals surface area contributed by atoms with E-state index in [0.29, 0.717) is 0 Å². The molecule has 0 heterocycles. The third-order valence-corrected chi connectivity index (χ3v) is 3.63. The van der Waals surface area contributed by atoms with E-state index in [1.165, 1.54) is 11.3 Å². The molecule has 0 fully saturated rings. The van der Waals surface area contributed by atoms with Crippen molar-refractivity contribution in [3.8, 4) is 6.07 Å². The zero-order valence-corrected chi connectivity index (χ0v) is 12.7. The summed E-state index contributed by atoms with van der Waals surface area (Å²) in [5, 5.41) is 8.97. The summed E-state index contributed by atoms with van der Waals surface area (Å²) >= 11 is 0. The van der Waals surface area contributed by atoms with E-state index in [-0.39, 0.29) is 5.41 Å². The van der Waals surface area contributed by atoms with Crippen molar-refractivity contribution in [2.75, 3.05) is 18.5 Å². The van der Waals surface area contributed by atoms with Gasteiger partial charge in [-0.1, -0.05) is 25.5 Å². The quantitative estimate of drug-likeness (QED) is 0.678. The number of unbranched alkanes of at least 4 members (excludes halogenated alkanes) is 1. The van der Waals surface area contributed by atoms with Gasteiger partial charge < -0.3 is 4.90 Å². The fourth-order valence-electron chi connectivity index (χ4n) is 2.09. The Labute approximate surface area is 118 Å². The second-order valence-corrected chi connectivity index (χ2v) is 5.89. The van der Waals surface area contributed by atoms with Gasteiger partial charge in [-0.15, -0.1) is 0 Å². The molecular formula is C17H26N2. The van der Waals surface area contributed by atoms with Gasteiger partial charge in [0.1, 0.15) is 0 Å². The largest absolute Gasteiger partial charge is 0.375 e. The molecule has 0 radical (unpaired) electrons. The van der Waals surface area contributed by atoms with Crippen molar-refractivity contribution in [2.24, 2.45) is 5.41 Å². The van der Waals surface area contributed by atoms with E-state index < -0.39 is 0 Å². The highest BCUT2D eigenvalue weighted by Gasteiger charge is 2.15. The van der Waals surface area contributed by atoms with Crippen LogP contribution in [0.15, 0.2) is 24.3 Å². The van der Waals surface area contributed by atoms with Crippen LogP contribution in [-0.2, 0) is 6.42 Å². The Morgan fingerprint density at radius 1 is 1.16 bits per heavy atom. The van der Waals surface area contributed by atoms with Crippen LogP contribution in [0.3, 0.4) is 0 Å². The zero-order valence-electron chi connectivity index (χ0n) is 12.7. The van der Waals surface area contributed by atoms with Crippen LogP contribution >= 0.6 is 0 Å². The number of aryl methyl sites for hydroxylation is 1. The summed E-state index contributed by atoms with van der Waals surface area (Å²) in [7, 11) is 2.14. The molecule has 0 saturated heterocycles. The summed E-state index contributed by atoms with van der Waals surface area (Å²) < 4.78 is 0. The van der Waals surface area contributed by atoms with Gasteiger partial charge in [-0.2, -0.15) is 5.26 Å². The molecule has 1 rings (SSSR count). The molecule has 1 aromatic rings. The highest BCUT2D eigenvalue weighted by atomic mass is 15.1. The number of hydrogen-bond donors (Lipinski definition) is 0. The van der Waals surface area contributed by atoms with Crippen molar-refractivity contribution in [2.45, 2.75) is 46.5 Å². The number of benzene rings is 1. The first-order valence-corrected chi connectivity index (χ1v) is 7.20. The molecule has 0 bridgehead atoms. The van der Waals surface area contributed by atoms with Gasteiger partial charge >= 0.3 is 0 Å². The number of hydrogen-bond acceptors (Lipinski definition) is 2. The first kappa shape index (κ1) is 15.6. The third kappa shape index (κ3) is 5.34. The average Bonchev–Trinajstić information content (AvgIpc) is 2.43. The van der Waals surface area contributed by atoms with Crippen molar-refractivity contribution < 1.29 is 0 Å². The lowest BCUT2D eigenvalue weighted by Crippen LogP contribution is -2.19. The highest BCUT2D eigenvalue weighted by Crippen LogP contribution is 2.22. The van der Waals surface area contributed by atoms with E-state index in [2.05, 4.69) is 49.2 Å². The second kappa shape index (κ2) is 7.19. The zero-order chi connectivity index (χ0) is 14.3. The maximum absolute atomic E-state index is 8.97. The third-order valence-electron chi connectivity index (χ3n) is 3.63. The van der Waals surface area contributed by atoms with Gasteiger partial charge in [0, 0.05) is 19.3 Å². The first-order valence-electron chi connectivity index (χ1n) is 7.20. The Hall–Kier alpha value is -1.49. The second-order valence-electron chi connectivity index (χ2n) is 5.89. The maximum atomic E-state index is 8.97. The van der Waals surface area contributed by atoms with Crippen molar-refractivity contribution in [3.05, 3.63) is 29.8 Å². The van der Waals surface area contributed by atoms with E-state index in [1.807, 2.05) is 13.8 Å². The van der Waals surface area contributed by atoms with Gasteiger partial charge in [0.25, 0.3) is 0 Å².